The lowest BCUT2D eigenvalue weighted by molar-refractivity contribution is 0.289. The van der Waals surface area contributed by atoms with Crippen molar-refractivity contribution in [2.45, 2.75) is 6.61 Å². The van der Waals surface area contributed by atoms with Crippen LogP contribution in [0.2, 0.25) is 0 Å². The van der Waals surface area contributed by atoms with E-state index in [0.29, 0.717) is 29.5 Å². The summed E-state index contributed by atoms with van der Waals surface area (Å²) in [6.07, 6.45) is 0. The monoisotopic (exact) mass is 326 g/mol. The summed E-state index contributed by atoms with van der Waals surface area (Å²) in [5.41, 5.74) is 3.57. The first-order chi connectivity index (χ1) is 12.3. The molecule has 0 aliphatic rings. The van der Waals surface area contributed by atoms with Crippen molar-refractivity contribution < 1.29 is 4.74 Å². The third-order valence-corrected chi connectivity index (χ3v) is 3.84. The molecule has 0 N–H and O–H groups in total. The number of rotatable bonds is 4. The molecular weight excluding hydrogens is 312 g/mol. The first-order valence-electron chi connectivity index (χ1n) is 7.87. The number of aromatic nitrogens is 3. The Balaban J connectivity index is 1.70. The van der Waals surface area contributed by atoms with Crippen molar-refractivity contribution in [1.82, 2.24) is 14.6 Å². The van der Waals surface area contributed by atoms with E-state index in [0.717, 1.165) is 11.1 Å². The van der Waals surface area contributed by atoms with Crippen molar-refractivity contribution in [3.05, 3.63) is 84.1 Å². The summed E-state index contributed by atoms with van der Waals surface area (Å²) >= 11 is 0. The summed E-state index contributed by atoms with van der Waals surface area (Å²) in [6.45, 7) is 0.418. The highest BCUT2D eigenvalue weighted by Crippen LogP contribution is 2.24. The molecule has 25 heavy (non-hydrogen) atoms. The number of nitriles is 1. The van der Waals surface area contributed by atoms with Gasteiger partial charge in [-0.15, -0.1) is 5.10 Å². The first-order valence-corrected chi connectivity index (χ1v) is 7.87. The molecule has 0 unspecified atom stereocenters. The summed E-state index contributed by atoms with van der Waals surface area (Å²) in [5, 5.41) is 14.0. The van der Waals surface area contributed by atoms with E-state index in [4.69, 9.17) is 4.74 Å². The van der Waals surface area contributed by atoms with Crippen LogP contribution in [0, 0.1) is 11.3 Å². The molecule has 0 bridgehead atoms. The van der Waals surface area contributed by atoms with Crippen molar-refractivity contribution in [3.8, 4) is 23.2 Å². The van der Waals surface area contributed by atoms with Crippen molar-refractivity contribution in [2.24, 2.45) is 0 Å². The molecule has 0 saturated carbocycles. The second kappa shape index (κ2) is 6.46. The maximum absolute atomic E-state index is 9.57. The standard InChI is InChI=1S/C20H14N4O/c21-13-17-20(16-9-5-2-6-10-16)22-18-11-12-19(23-24(17)18)25-14-15-7-3-1-4-8-15/h1-12H,14H2. The molecule has 2 heterocycles. The Morgan fingerprint density at radius 2 is 1.64 bits per heavy atom. The highest BCUT2D eigenvalue weighted by atomic mass is 16.5. The largest absolute Gasteiger partial charge is 0.472 e. The fraction of sp³-hybridized carbons (Fsp3) is 0.0500. The van der Waals surface area contributed by atoms with Gasteiger partial charge in [-0.05, 0) is 11.6 Å². The average Bonchev–Trinajstić information content (AvgIpc) is 3.05. The Kier molecular flexibility index (Phi) is 3.85. The number of fused-ring (bicyclic) bond motifs is 1. The van der Waals surface area contributed by atoms with Crippen LogP contribution in [0.25, 0.3) is 16.9 Å². The van der Waals surface area contributed by atoms with Crippen molar-refractivity contribution >= 4 is 5.65 Å². The SMILES string of the molecule is N#Cc1c(-c2ccccc2)nc2ccc(OCc3ccccc3)nn12. The van der Waals surface area contributed by atoms with E-state index in [1.165, 1.54) is 4.52 Å². The van der Waals surface area contributed by atoms with Crippen LogP contribution in [0.1, 0.15) is 11.3 Å². The van der Waals surface area contributed by atoms with Gasteiger partial charge < -0.3 is 4.74 Å². The fourth-order valence-corrected chi connectivity index (χ4v) is 2.62. The minimum Gasteiger partial charge on any atom is -0.472 e. The van der Waals surface area contributed by atoms with Crippen LogP contribution in [0.15, 0.2) is 72.8 Å². The number of benzene rings is 2. The third kappa shape index (κ3) is 2.93. The number of ether oxygens (including phenoxy) is 1. The molecule has 0 radical (unpaired) electrons. The predicted octanol–water partition coefficient (Wildman–Crippen LogP) is 3.85. The van der Waals surface area contributed by atoms with Crippen LogP contribution in [0.5, 0.6) is 5.88 Å². The van der Waals surface area contributed by atoms with E-state index in [9.17, 15) is 5.26 Å². The van der Waals surface area contributed by atoms with Crippen LogP contribution in [-0.2, 0) is 6.61 Å². The second-order valence-corrected chi connectivity index (χ2v) is 5.50. The molecule has 0 amide bonds. The van der Waals surface area contributed by atoms with Crippen LogP contribution >= 0.6 is 0 Å². The van der Waals surface area contributed by atoms with Crippen LogP contribution in [0.3, 0.4) is 0 Å². The molecule has 0 aliphatic carbocycles. The lowest BCUT2D eigenvalue weighted by Gasteiger charge is -2.05. The van der Waals surface area contributed by atoms with Gasteiger partial charge in [0.05, 0.1) is 0 Å². The molecular formula is C20H14N4O. The highest BCUT2D eigenvalue weighted by Gasteiger charge is 2.15. The lowest BCUT2D eigenvalue weighted by atomic mass is 10.1. The van der Waals surface area contributed by atoms with Gasteiger partial charge in [-0.1, -0.05) is 60.7 Å². The van der Waals surface area contributed by atoms with Gasteiger partial charge in [0.15, 0.2) is 11.3 Å². The summed E-state index contributed by atoms with van der Waals surface area (Å²) in [7, 11) is 0. The van der Waals surface area contributed by atoms with Crippen LogP contribution in [0.4, 0.5) is 0 Å². The zero-order valence-corrected chi connectivity index (χ0v) is 13.3. The maximum atomic E-state index is 9.57. The zero-order chi connectivity index (χ0) is 17.1. The molecule has 120 valence electrons. The minimum atomic E-state index is 0.395. The molecule has 2 aromatic carbocycles. The molecule has 5 heteroatoms. The van der Waals surface area contributed by atoms with Gasteiger partial charge in [0, 0.05) is 11.6 Å². The summed E-state index contributed by atoms with van der Waals surface area (Å²) in [4.78, 5) is 4.54. The van der Waals surface area contributed by atoms with Gasteiger partial charge in [-0.2, -0.15) is 9.78 Å². The molecule has 2 aromatic heterocycles. The van der Waals surface area contributed by atoms with E-state index in [2.05, 4.69) is 16.2 Å². The molecule has 4 rings (SSSR count). The molecule has 0 atom stereocenters. The van der Waals surface area contributed by atoms with Crippen molar-refractivity contribution in [3.63, 3.8) is 0 Å². The summed E-state index contributed by atoms with van der Waals surface area (Å²) in [5.74, 6) is 0.449. The molecule has 0 spiro atoms. The molecule has 5 nitrogen and oxygen atoms in total. The molecule has 0 fully saturated rings. The molecule has 0 saturated heterocycles. The van der Waals surface area contributed by atoms with Gasteiger partial charge in [0.1, 0.15) is 18.4 Å². The number of nitrogens with zero attached hydrogens (tertiary/aromatic N) is 4. The Morgan fingerprint density at radius 1 is 0.920 bits per heavy atom. The van der Waals surface area contributed by atoms with Crippen LogP contribution < -0.4 is 4.74 Å². The lowest BCUT2D eigenvalue weighted by Crippen LogP contribution is -2.01. The Labute approximate surface area is 144 Å². The van der Waals surface area contributed by atoms with Gasteiger partial charge in [-0.3, -0.25) is 0 Å². The van der Waals surface area contributed by atoms with Crippen LogP contribution in [-0.4, -0.2) is 14.6 Å². The van der Waals surface area contributed by atoms with Gasteiger partial charge in [-0.25, -0.2) is 4.98 Å². The normalized spacial score (nSPS) is 10.5. The van der Waals surface area contributed by atoms with E-state index in [1.807, 2.05) is 60.7 Å². The third-order valence-electron chi connectivity index (χ3n) is 3.84. The average molecular weight is 326 g/mol. The number of imidazole rings is 1. The highest BCUT2D eigenvalue weighted by molar-refractivity contribution is 5.69. The van der Waals surface area contributed by atoms with E-state index >= 15 is 0 Å². The fourth-order valence-electron chi connectivity index (χ4n) is 2.62. The predicted molar refractivity (Wildman–Crippen MR) is 93.9 cm³/mol. The first kappa shape index (κ1) is 14.9. The topological polar surface area (TPSA) is 63.2 Å². The number of hydrogen-bond acceptors (Lipinski definition) is 4. The van der Waals surface area contributed by atoms with E-state index in [1.54, 1.807) is 12.1 Å². The minimum absolute atomic E-state index is 0.395. The van der Waals surface area contributed by atoms with Gasteiger partial charge in [0.25, 0.3) is 0 Å². The second-order valence-electron chi connectivity index (χ2n) is 5.50. The van der Waals surface area contributed by atoms with Gasteiger partial charge >= 0.3 is 0 Å². The maximum Gasteiger partial charge on any atom is 0.232 e. The number of hydrogen-bond donors (Lipinski definition) is 0. The quantitative estimate of drug-likeness (QED) is 0.571. The van der Waals surface area contributed by atoms with E-state index in [-0.39, 0.29) is 0 Å². The van der Waals surface area contributed by atoms with Crippen molar-refractivity contribution in [1.29, 1.82) is 5.26 Å². The Bertz CT molecular complexity index is 1050. The zero-order valence-electron chi connectivity index (χ0n) is 13.3. The van der Waals surface area contributed by atoms with E-state index < -0.39 is 0 Å². The Hall–Kier alpha value is -3.65. The molecule has 0 aliphatic heterocycles. The summed E-state index contributed by atoms with van der Waals surface area (Å²) in [6, 6.07) is 25.3. The smallest absolute Gasteiger partial charge is 0.232 e. The van der Waals surface area contributed by atoms with Crippen molar-refractivity contribution in [2.75, 3.05) is 0 Å². The summed E-state index contributed by atoms with van der Waals surface area (Å²) < 4.78 is 7.28. The molecule has 4 aromatic rings. The van der Waals surface area contributed by atoms with Gasteiger partial charge in [0.2, 0.25) is 5.88 Å². The Morgan fingerprint density at radius 3 is 2.36 bits per heavy atom.